The number of para-hydroxylation sites is 1. The Bertz CT molecular complexity index is 1300. The third-order valence-corrected chi connectivity index (χ3v) is 5.49. The fraction of sp³-hybridized carbons (Fsp3) is 0.227. The van der Waals surface area contributed by atoms with Gasteiger partial charge in [0, 0.05) is 32.7 Å². The zero-order valence-electron chi connectivity index (χ0n) is 16.3. The van der Waals surface area contributed by atoms with Crippen molar-refractivity contribution in [1.82, 2.24) is 14.2 Å². The summed E-state index contributed by atoms with van der Waals surface area (Å²) in [5.74, 6) is 0.557. The molecule has 0 N–H and O–H groups in total. The standard InChI is InChI=1S/C22H21BrN4O/c1-13(2)26-14(3)19(17-7-5-6-8-21(17)26)12-24-27-15(4)25-20-10-9-16(23)11-18(20)22(27)28/h5-13H,1-4H3. The quantitative estimate of drug-likeness (QED) is 0.414. The van der Waals surface area contributed by atoms with Crippen molar-refractivity contribution >= 4 is 44.0 Å². The molecule has 6 heteroatoms. The second-order valence-corrected chi connectivity index (χ2v) is 8.08. The van der Waals surface area contributed by atoms with Crippen LogP contribution in [0.5, 0.6) is 0 Å². The van der Waals surface area contributed by atoms with E-state index >= 15 is 0 Å². The number of fused-ring (bicyclic) bond motifs is 2. The number of nitrogens with zero attached hydrogens (tertiary/aromatic N) is 4. The first kappa shape index (κ1) is 18.6. The molecule has 0 aliphatic heterocycles. The molecule has 0 spiro atoms. The lowest BCUT2D eigenvalue weighted by molar-refractivity contribution is 0.607. The van der Waals surface area contributed by atoms with Crippen molar-refractivity contribution in [3.05, 3.63) is 74.4 Å². The summed E-state index contributed by atoms with van der Waals surface area (Å²) in [5.41, 5.74) is 3.81. The van der Waals surface area contributed by atoms with Gasteiger partial charge in [0.25, 0.3) is 5.56 Å². The van der Waals surface area contributed by atoms with Gasteiger partial charge in [-0.2, -0.15) is 9.78 Å². The fourth-order valence-corrected chi connectivity index (χ4v) is 4.12. The third-order valence-electron chi connectivity index (χ3n) is 4.99. The first-order chi connectivity index (χ1) is 13.4. The highest BCUT2D eigenvalue weighted by atomic mass is 79.9. The van der Waals surface area contributed by atoms with Gasteiger partial charge >= 0.3 is 0 Å². The molecule has 142 valence electrons. The Hall–Kier alpha value is -2.73. The summed E-state index contributed by atoms with van der Waals surface area (Å²) in [4.78, 5) is 17.5. The van der Waals surface area contributed by atoms with Crippen molar-refractivity contribution < 1.29 is 0 Å². The van der Waals surface area contributed by atoms with Gasteiger partial charge in [-0.1, -0.05) is 34.1 Å². The highest BCUT2D eigenvalue weighted by molar-refractivity contribution is 9.10. The van der Waals surface area contributed by atoms with Crippen molar-refractivity contribution in [3.63, 3.8) is 0 Å². The predicted molar refractivity (Wildman–Crippen MR) is 118 cm³/mol. The Morgan fingerprint density at radius 3 is 2.61 bits per heavy atom. The molecular formula is C22H21BrN4O. The zero-order valence-corrected chi connectivity index (χ0v) is 17.9. The molecular weight excluding hydrogens is 416 g/mol. The van der Waals surface area contributed by atoms with Gasteiger partial charge in [-0.15, -0.1) is 0 Å². The summed E-state index contributed by atoms with van der Waals surface area (Å²) in [6.45, 7) is 8.22. The van der Waals surface area contributed by atoms with E-state index < -0.39 is 0 Å². The number of halogens is 1. The molecule has 0 aliphatic rings. The number of hydrogen-bond donors (Lipinski definition) is 0. The van der Waals surface area contributed by atoms with Gasteiger partial charge in [-0.3, -0.25) is 4.79 Å². The number of aromatic nitrogens is 3. The van der Waals surface area contributed by atoms with Crippen LogP contribution in [-0.2, 0) is 0 Å². The SMILES string of the molecule is Cc1nc2ccc(Br)cc2c(=O)n1N=Cc1c(C)n(C(C)C)c2ccccc12. The fourth-order valence-electron chi connectivity index (χ4n) is 3.76. The van der Waals surface area contributed by atoms with Crippen molar-refractivity contribution in [3.8, 4) is 0 Å². The first-order valence-corrected chi connectivity index (χ1v) is 10.0. The van der Waals surface area contributed by atoms with Crippen LogP contribution in [-0.4, -0.2) is 20.4 Å². The second kappa shape index (κ2) is 7.02. The summed E-state index contributed by atoms with van der Waals surface area (Å²) in [6, 6.07) is 14.1. The lowest BCUT2D eigenvalue weighted by atomic mass is 10.1. The van der Waals surface area contributed by atoms with Crippen LogP contribution < -0.4 is 5.56 Å². The number of aryl methyl sites for hydroxylation is 1. The van der Waals surface area contributed by atoms with Crippen LogP contribution >= 0.6 is 15.9 Å². The van der Waals surface area contributed by atoms with E-state index in [0.717, 1.165) is 21.1 Å². The minimum absolute atomic E-state index is 0.176. The van der Waals surface area contributed by atoms with E-state index in [2.05, 4.69) is 63.5 Å². The molecule has 0 fully saturated rings. The summed E-state index contributed by atoms with van der Waals surface area (Å²) >= 11 is 3.42. The lowest BCUT2D eigenvalue weighted by Crippen LogP contribution is -2.20. The van der Waals surface area contributed by atoms with Crippen LogP contribution in [0.3, 0.4) is 0 Å². The maximum Gasteiger partial charge on any atom is 0.282 e. The molecule has 0 saturated heterocycles. The average Bonchev–Trinajstić information content (AvgIpc) is 2.94. The largest absolute Gasteiger partial charge is 0.342 e. The molecule has 0 atom stereocenters. The highest BCUT2D eigenvalue weighted by Crippen LogP contribution is 2.27. The van der Waals surface area contributed by atoms with Gasteiger partial charge in [0.2, 0.25) is 0 Å². The van der Waals surface area contributed by atoms with Crippen molar-refractivity contribution in [2.24, 2.45) is 5.10 Å². The van der Waals surface area contributed by atoms with Gasteiger partial charge in [-0.25, -0.2) is 4.98 Å². The molecule has 0 bridgehead atoms. The lowest BCUT2D eigenvalue weighted by Gasteiger charge is -2.12. The molecule has 2 aromatic heterocycles. The van der Waals surface area contributed by atoms with Gasteiger partial charge in [0.15, 0.2) is 0 Å². The molecule has 0 unspecified atom stereocenters. The Kier molecular flexibility index (Phi) is 4.67. The Morgan fingerprint density at radius 2 is 1.86 bits per heavy atom. The van der Waals surface area contributed by atoms with E-state index in [1.165, 1.54) is 10.2 Å². The van der Waals surface area contributed by atoms with E-state index in [4.69, 9.17) is 0 Å². The molecule has 2 heterocycles. The van der Waals surface area contributed by atoms with E-state index in [1.807, 2.05) is 24.3 Å². The minimum Gasteiger partial charge on any atom is -0.342 e. The zero-order chi connectivity index (χ0) is 20.0. The van der Waals surface area contributed by atoms with Crippen LogP contribution in [0.4, 0.5) is 0 Å². The predicted octanol–water partition coefficient (Wildman–Crippen LogP) is 5.19. The van der Waals surface area contributed by atoms with Crippen LogP contribution in [0.2, 0.25) is 0 Å². The van der Waals surface area contributed by atoms with Crippen molar-refractivity contribution in [2.75, 3.05) is 0 Å². The van der Waals surface area contributed by atoms with E-state index in [-0.39, 0.29) is 5.56 Å². The van der Waals surface area contributed by atoms with E-state index in [9.17, 15) is 4.79 Å². The van der Waals surface area contributed by atoms with Crippen molar-refractivity contribution in [1.29, 1.82) is 0 Å². The first-order valence-electron chi connectivity index (χ1n) is 9.21. The Morgan fingerprint density at radius 1 is 1.11 bits per heavy atom. The van der Waals surface area contributed by atoms with Gasteiger partial charge in [-0.05, 0) is 52.0 Å². The molecule has 4 aromatic rings. The molecule has 2 aromatic carbocycles. The number of rotatable bonds is 3. The Balaban J connectivity index is 1.91. The number of benzene rings is 2. The maximum absolute atomic E-state index is 13.0. The summed E-state index contributed by atoms with van der Waals surface area (Å²) in [7, 11) is 0. The van der Waals surface area contributed by atoms with E-state index in [1.54, 1.807) is 19.2 Å². The van der Waals surface area contributed by atoms with E-state index in [0.29, 0.717) is 22.8 Å². The number of hydrogen-bond acceptors (Lipinski definition) is 3. The van der Waals surface area contributed by atoms with Gasteiger partial charge in [0.1, 0.15) is 5.82 Å². The normalized spacial score (nSPS) is 12.1. The molecule has 0 saturated carbocycles. The molecule has 28 heavy (non-hydrogen) atoms. The monoisotopic (exact) mass is 436 g/mol. The smallest absolute Gasteiger partial charge is 0.282 e. The average molecular weight is 437 g/mol. The van der Waals surface area contributed by atoms with Gasteiger partial charge < -0.3 is 4.57 Å². The molecule has 5 nitrogen and oxygen atoms in total. The van der Waals surface area contributed by atoms with Crippen molar-refractivity contribution in [2.45, 2.75) is 33.7 Å². The third kappa shape index (κ3) is 2.98. The summed E-state index contributed by atoms with van der Waals surface area (Å²) in [6.07, 6.45) is 1.77. The summed E-state index contributed by atoms with van der Waals surface area (Å²) in [5, 5.41) is 6.19. The topological polar surface area (TPSA) is 52.2 Å². The molecule has 4 rings (SSSR count). The summed E-state index contributed by atoms with van der Waals surface area (Å²) < 4.78 is 4.51. The minimum atomic E-state index is -0.176. The second-order valence-electron chi connectivity index (χ2n) is 7.16. The van der Waals surface area contributed by atoms with Crippen LogP contribution in [0, 0.1) is 13.8 Å². The molecule has 0 amide bonds. The molecule has 0 radical (unpaired) electrons. The van der Waals surface area contributed by atoms with Crippen LogP contribution in [0.15, 0.2) is 56.8 Å². The van der Waals surface area contributed by atoms with Gasteiger partial charge in [0.05, 0.1) is 17.1 Å². The maximum atomic E-state index is 13.0. The van der Waals surface area contributed by atoms with Crippen LogP contribution in [0.1, 0.15) is 37.0 Å². The molecule has 0 aliphatic carbocycles. The Labute approximate surface area is 171 Å². The van der Waals surface area contributed by atoms with Crippen LogP contribution in [0.25, 0.3) is 21.8 Å². The highest BCUT2D eigenvalue weighted by Gasteiger charge is 2.15.